The highest BCUT2D eigenvalue weighted by Gasteiger charge is 2.32. The molecule has 0 aliphatic heterocycles. The fraction of sp³-hybridized carbons (Fsp3) is 0.310. The van der Waals surface area contributed by atoms with Crippen LogP contribution in [0.5, 0.6) is 5.75 Å². The maximum atomic E-state index is 13.6. The number of rotatable bonds is 9. The van der Waals surface area contributed by atoms with E-state index in [-0.39, 0.29) is 25.0 Å². The molecule has 184 valence electrons. The monoisotopic (exact) mass is 536 g/mol. The maximum Gasteiger partial charge on any atom is 0.261 e. The fourth-order valence-corrected chi connectivity index (χ4v) is 4.23. The van der Waals surface area contributed by atoms with Crippen LogP contribution in [0, 0.1) is 6.92 Å². The lowest BCUT2D eigenvalue weighted by atomic mass is 10.0. The lowest BCUT2D eigenvalue weighted by molar-refractivity contribution is -0.143. The Morgan fingerprint density at radius 1 is 0.943 bits per heavy atom. The summed E-state index contributed by atoms with van der Waals surface area (Å²) in [5.41, 5.74) is 2.41. The van der Waals surface area contributed by atoms with E-state index in [1.165, 1.54) is 0 Å². The Hall–Kier alpha value is -3.12. The van der Waals surface area contributed by atoms with Gasteiger partial charge in [-0.25, -0.2) is 0 Å². The van der Waals surface area contributed by atoms with Gasteiger partial charge in [0.05, 0.1) is 0 Å². The van der Waals surface area contributed by atoms with Crippen molar-refractivity contribution >= 4 is 27.7 Å². The van der Waals surface area contributed by atoms with Gasteiger partial charge >= 0.3 is 0 Å². The molecule has 0 aliphatic carbocycles. The number of halogens is 1. The molecule has 3 rings (SSSR count). The van der Waals surface area contributed by atoms with Crippen molar-refractivity contribution in [1.29, 1.82) is 0 Å². The molecule has 0 saturated carbocycles. The van der Waals surface area contributed by atoms with Crippen LogP contribution in [0.25, 0.3) is 0 Å². The first-order valence-electron chi connectivity index (χ1n) is 11.7. The molecular weight excluding hydrogens is 504 g/mol. The Morgan fingerprint density at radius 2 is 1.60 bits per heavy atom. The van der Waals surface area contributed by atoms with Gasteiger partial charge in [0.15, 0.2) is 6.61 Å². The lowest BCUT2D eigenvalue weighted by Crippen LogP contribution is -2.55. The average molecular weight is 537 g/mol. The third-order valence-corrected chi connectivity index (χ3v) is 5.95. The predicted octanol–water partition coefficient (Wildman–Crippen LogP) is 5.69. The second-order valence-electron chi connectivity index (χ2n) is 9.65. The molecule has 6 heteroatoms. The molecule has 3 aromatic rings. The van der Waals surface area contributed by atoms with Crippen molar-refractivity contribution in [3.8, 4) is 5.75 Å². The van der Waals surface area contributed by atoms with E-state index in [9.17, 15) is 9.59 Å². The van der Waals surface area contributed by atoms with Crippen molar-refractivity contribution in [2.24, 2.45) is 0 Å². The largest absolute Gasteiger partial charge is 0.484 e. The van der Waals surface area contributed by atoms with Crippen LogP contribution in [0.4, 0.5) is 0 Å². The van der Waals surface area contributed by atoms with Crippen LogP contribution in [-0.2, 0) is 22.6 Å². The van der Waals surface area contributed by atoms with E-state index in [4.69, 9.17) is 4.74 Å². The van der Waals surface area contributed by atoms with Gasteiger partial charge in [0.25, 0.3) is 5.91 Å². The number of nitrogens with zero attached hydrogens (tertiary/aromatic N) is 1. The Kier molecular flexibility index (Phi) is 9.10. The molecule has 0 fully saturated rings. The highest BCUT2D eigenvalue weighted by molar-refractivity contribution is 9.10. The maximum absolute atomic E-state index is 13.6. The van der Waals surface area contributed by atoms with Crippen molar-refractivity contribution in [2.75, 3.05) is 6.61 Å². The molecule has 2 amide bonds. The molecule has 0 bridgehead atoms. The van der Waals surface area contributed by atoms with Crippen LogP contribution in [0.1, 0.15) is 37.5 Å². The normalized spacial score (nSPS) is 12.0. The summed E-state index contributed by atoms with van der Waals surface area (Å²) in [5, 5.41) is 3.07. The summed E-state index contributed by atoms with van der Waals surface area (Å²) in [6.45, 7) is 7.87. The van der Waals surface area contributed by atoms with Crippen molar-refractivity contribution in [2.45, 2.75) is 52.2 Å². The van der Waals surface area contributed by atoms with E-state index in [0.29, 0.717) is 12.2 Å². The minimum Gasteiger partial charge on any atom is -0.484 e. The number of para-hydroxylation sites is 1. The summed E-state index contributed by atoms with van der Waals surface area (Å²) in [4.78, 5) is 28.8. The molecule has 0 spiro atoms. The van der Waals surface area contributed by atoms with E-state index in [1.807, 2.05) is 107 Å². The number of carbonyl (C=O) groups excluding carboxylic acids is 2. The summed E-state index contributed by atoms with van der Waals surface area (Å²) in [5.74, 6) is 0.209. The number of hydrogen-bond donors (Lipinski definition) is 1. The molecule has 0 aliphatic rings. The van der Waals surface area contributed by atoms with Gasteiger partial charge in [0.2, 0.25) is 5.91 Å². The Morgan fingerprint density at radius 3 is 2.26 bits per heavy atom. The van der Waals surface area contributed by atoms with Crippen LogP contribution < -0.4 is 10.1 Å². The number of carbonyl (C=O) groups is 2. The first-order chi connectivity index (χ1) is 16.6. The molecule has 0 saturated heterocycles. The SMILES string of the molecule is Cc1ccccc1OCC(=O)N(Cc1cccc(Br)c1)[C@@H](Cc1ccccc1)C(=O)NC(C)(C)C. The average Bonchev–Trinajstić information content (AvgIpc) is 2.80. The number of amides is 2. The third-order valence-electron chi connectivity index (χ3n) is 5.46. The first kappa shape index (κ1) is 26.5. The number of aryl methyl sites for hydroxylation is 1. The Bertz CT molecular complexity index is 1140. The molecular formula is C29H33BrN2O3. The van der Waals surface area contributed by atoms with Crippen LogP contribution in [0.15, 0.2) is 83.3 Å². The molecule has 0 radical (unpaired) electrons. The van der Waals surface area contributed by atoms with E-state index < -0.39 is 11.6 Å². The standard InChI is InChI=1S/C29H33BrN2O3/c1-21-11-8-9-16-26(21)35-20-27(33)32(19-23-14-10-15-24(30)17-23)25(28(34)31-29(2,3)4)18-22-12-6-5-7-13-22/h5-17,25H,18-20H2,1-4H3,(H,31,34)/t25-/m0/s1. The zero-order valence-corrected chi connectivity index (χ0v) is 22.3. The minimum atomic E-state index is -0.705. The highest BCUT2D eigenvalue weighted by Crippen LogP contribution is 2.20. The van der Waals surface area contributed by atoms with Gasteiger partial charge in [-0.1, -0.05) is 76.6 Å². The third kappa shape index (κ3) is 8.25. The van der Waals surface area contributed by atoms with Crippen LogP contribution in [0.3, 0.4) is 0 Å². The predicted molar refractivity (Wildman–Crippen MR) is 143 cm³/mol. The Balaban J connectivity index is 1.94. The van der Waals surface area contributed by atoms with E-state index in [2.05, 4.69) is 21.2 Å². The van der Waals surface area contributed by atoms with Gasteiger partial charge in [-0.15, -0.1) is 0 Å². The summed E-state index contributed by atoms with van der Waals surface area (Å²) >= 11 is 3.51. The van der Waals surface area contributed by atoms with Crippen LogP contribution >= 0.6 is 15.9 Å². The van der Waals surface area contributed by atoms with Crippen LogP contribution in [0.2, 0.25) is 0 Å². The lowest BCUT2D eigenvalue weighted by Gasteiger charge is -2.33. The van der Waals surface area contributed by atoms with E-state index >= 15 is 0 Å². The number of nitrogens with one attached hydrogen (secondary N) is 1. The van der Waals surface area contributed by atoms with Crippen molar-refractivity contribution in [1.82, 2.24) is 10.2 Å². The first-order valence-corrected chi connectivity index (χ1v) is 12.5. The second kappa shape index (κ2) is 12.0. The molecule has 1 atom stereocenters. The quantitative estimate of drug-likeness (QED) is 0.382. The van der Waals surface area contributed by atoms with Crippen molar-refractivity contribution < 1.29 is 14.3 Å². The van der Waals surface area contributed by atoms with Gasteiger partial charge in [-0.3, -0.25) is 9.59 Å². The number of benzene rings is 3. The fourth-order valence-electron chi connectivity index (χ4n) is 3.78. The van der Waals surface area contributed by atoms with Gasteiger partial charge in [-0.2, -0.15) is 0 Å². The second-order valence-corrected chi connectivity index (χ2v) is 10.6. The number of ether oxygens (including phenoxy) is 1. The smallest absolute Gasteiger partial charge is 0.261 e. The Labute approximate surface area is 216 Å². The zero-order chi connectivity index (χ0) is 25.4. The topological polar surface area (TPSA) is 58.6 Å². The van der Waals surface area contributed by atoms with Crippen LogP contribution in [-0.4, -0.2) is 34.9 Å². The highest BCUT2D eigenvalue weighted by atomic mass is 79.9. The zero-order valence-electron chi connectivity index (χ0n) is 20.8. The molecule has 1 N–H and O–H groups in total. The van der Waals surface area contributed by atoms with Gasteiger partial charge in [0, 0.05) is 23.0 Å². The summed E-state index contributed by atoms with van der Waals surface area (Å²) in [6.07, 6.45) is 0.396. The molecule has 0 aromatic heterocycles. The molecule has 0 heterocycles. The number of hydrogen-bond acceptors (Lipinski definition) is 3. The van der Waals surface area contributed by atoms with Crippen molar-refractivity contribution in [3.63, 3.8) is 0 Å². The molecule has 5 nitrogen and oxygen atoms in total. The molecule has 35 heavy (non-hydrogen) atoms. The van der Waals surface area contributed by atoms with Gasteiger partial charge in [-0.05, 0) is 62.6 Å². The summed E-state index contributed by atoms with van der Waals surface area (Å²) in [6, 6.07) is 24.4. The summed E-state index contributed by atoms with van der Waals surface area (Å²) in [7, 11) is 0. The van der Waals surface area contributed by atoms with Gasteiger partial charge in [0.1, 0.15) is 11.8 Å². The molecule has 0 unspecified atom stereocenters. The van der Waals surface area contributed by atoms with E-state index in [1.54, 1.807) is 4.90 Å². The van der Waals surface area contributed by atoms with Crippen molar-refractivity contribution in [3.05, 3.63) is 100 Å². The van der Waals surface area contributed by atoms with Gasteiger partial charge < -0.3 is 15.0 Å². The minimum absolute atomic E-state index is 0.160. The molecule has 3 aromatic carbocycles. The summed E-state index contributed by atoms with van der Waals surface area (Å²) < 4.78 is 6.80. The van der Waals surface area contributed by atoms with E-state index in [0.717, 1.165) is 21.2 Å².